The average molecular weight is 211 g/mol. The molecule has 0 aliphatic rings. The molecule has 0 aromatic carbocycles. The summed E-state index contributed by atoms with van der Waals surface area (Å²) in [5, 5.41) is 12.5. The number of nitrogens with one attached hydrogen (secondary N) is 1. The molecular formula is C12H21NO2. The van der Waals surface area contributed by atoms with Gasteiger partial charge in [-0.05, 0) is 25.5 Å². The quantitative estimate of drug-likeness (QED) is 0.757. The Morgan fingerprint density at radius 2 is 2.20 bits per heavy atom. The number of aliphatic hydroxyl groups excluding tert-OH is 1. The molecule has 1 rings (SSSR count). The van der Waals surface area contributed by atoms with E-state index in [4.69, 9.17) is 4.42 Å². The van der Waals surface area contributed by atoms with E-state index in [9.17, 15) is 5.11 Å². The lowest BCUT2D eigenvalue weighted by Gasteiger charge is -2.25. The minimum Gasteiger partial charge on any atom is -0.465 e. The maximum atomic E-state index is 9.22. The van der Waals surface area contributed by atoms with Crippen molar-refractivity contribution in [3.8, 4) is 0 Å². The summed E-state index contributed by atoms with van der Waals surface area (Å²) in [5.74, 6) is 1.89. The van der Waals surface area contributed by atoms with Gasteiger partial charge in [-0.2, -0.15) is 0 Å². The molecule has 1 atom stereocenters. The zero-order chi connectivity index (χ0) is 11.3. The molecular weight excluding hydrogens is 190 g/mol. The molecule has 3 nitrogen and oxygen atoms in total. The van der Waals surface area contributed by atoms with E-state index in [1.165, 1.54) is 0 Å². The number of furan rings is 1. The van der Waals surface area contributed by atoms with E-state index in [0.717, 1.165) is 31.0 Å². The van der Waals surface area contributed by atoms with Crippen LogP contribution in [0.15, 0.2) is 16.5 Å². The van der Waals surface area contributed by atoms with E-state index < -0.39 is 0 Å². The van der Waals surface area contributed by atoms with Gasteiger partial charge in [0.1, 0.15) is 11.5 Å². The first kappa shape index (κ1) is 12.3. The SMILES string of the molecule is CCC(C)(CO)CNCc1ccc(C)o1. The highest BCUT2D eigenvalue weighted by molar-refractivity contribution is 5.05. The zero-order valence-corrected chi connectivity index (χ0v) is 9.84. The number of hydrogen-bond acceptors (Lipinski definition) is 3. The highest BCUT2D eigenvalue weighted by Gasteiger charge is 2.20. The summed E-state index contributed by atoms with van der Waals surface area (Å²) in [6.45, 7) is 7.85. The van der Waals surface area contributed by atoms with Crippen LogP contribution < -0.4 is 5.32 Å². The summed E-state index contributed by atoms with van der Waals surface area (Å²) in [6, 6.07) is 3.94. The lowest BCUT2D eigenvalue weighted by atomic mass is 9.89. The van der Waals surface area contributed by atoms with Crippen molar-refractivity contribution in [2.45, 2.75) is 33.7 Å². The number of hydrogen-bond donors (Lipinski definition) is 2. The fourth-order valence-corrected chi connectivity index (χ4v) is 1.36. The summed E-state index contributed by atoms with van der Waals surface area (Å²) in [5.41, 5.74) is -0.0262. The van der Waals surface area contributed by atoms with Crippen LogP contribution in [0.3, 0.4) is 0 Å². The molecule has 86 valence electrons. The Bertz CT molecular complexity index is 290. The molecule has 2 N–H and O–H groups in total. The Labute approximate surface area is 91.5 Å². The van der Waals surface area contributed by atoms with Gasteiger partial charge in [0.25, 0.3) is 0 Å². The van der Waals surface area contributed by atoms with Crippen molar-refractivity contribution in [2.75, 3.05) is 13.2 Å². The van der Waals surface area contributed by atoms with Gasteiger partial charge in [-0.25, -0.2) is 0 Å². The Morgan fingerprint density at radius 3 is 2.67 bits per heavy atom. The number of rotatable bonds is 6. The van der Waals surface area contributed by atoms with E-state index in [2.05, 4.69) is 19.2 Å². The number of aryl methyl sites for hydroxylation is 1. The van der Waals surface area contributed by atoms with Crippen molar-refractivity contribution in [3.05, 3.63) is 23.7 Å². The van der Waals surface area contributed by atoms with E-state index in [-0.39, 0.29) is 12.0 Å². The second-order valence-corrected chi connectivity index (χ2v) is 4.44. The predicted molar refractivity (Wildman–Crippen MR) is 60.6 cm³/mol. The van der Waals surface area contributed by atoms with Crippen LogP contribution in [0.5, 0.6) is 0 Å². The van der Waals surface area contributed by atoms with Crippen LogP contribution in [-0.2, 0) is 6.54 Å². The van der Waals surface area contributed by atoms with Gasteiger partial charge in [0.15, 0.2) is 0 Å². The van der Waals surface area contributed by atoms with Gasteiger partial charge in [0.2, 0.25) is 0 Å². The number of aliphatic hydroxyl groups is 1. The second kappa shape index (κ2) is 5.33. The zero-order valence-electron chi connectivity index (χ0n) is 9.84. The van der Waals surface area contributed by atoms with Crippen molar-refractivity contribution in [1.82, 2.24) is 5.32 Å². The van der Waals surface area contributed by atoms with Crippen LogP contribution in [-0.4, -0.2) is 18.3 Å². The van der Waals surface area contributed by atoms with Crippen molar-refractivity contribution in [3.63, 3.8) is 0 Å². The Morgan fingerprint density at radius 1 is 1.47 bits per heavy atom. The molecule has 15 heavy (non-hydrogen) atoms. The topological polar surface area (TPSA) is 45.4 Å². The van der Waals surface area contributed by atoms with Gasteiger partial charge in [-0.3, -0.25) is 0 Å². The highest BCUT2D eigenvalue weighted by atomic mass is 16.3. The first-order valence-corrected chi connectivity index (χ1v) is 5.46. The molecule has 0 saturated heterocycles. The van der Waals surface area contributed by atoms with Crippen LogP contribution in [0.1, 0.15) is 31.8 Å². The van der Waals surface area contributed by atoms with Crippen molar-refractivity contribution < 1.29 is 9.52 Å². The lowest BCUT2D eigenvalue weighted by molar-refractivity contribution is 0.134. The van der Waals surface area contributed by atoms with Crippen molar-refractivity contribution in [2.24, 2.45) is 5.41 Å². The molecule has 0 saturated carbocycles. The Hall–Kier alpha value is -0.800. The summed E-state index contributed by atoms with van der Waals surface area (Å²) < 4.78 is 5.44. The fraction of sp³-hybridized carbons (Fsp3) is 0.667. The van der Waals surface area contributed by atoms with Crippen molar-refractivity contribution in [1.29, 1.82) is 0 Å². The van der Waals surface area contributed by atoms with Gasteiger partial charge in [-0.15, -0.1) is 0 Å². The molecule has 1 aromatic heterocycles. The van der Waals surface area contributed by atoms with Gasteiger partial charge >= 0.3 is 0 Å². The summed E-state index contributed by atoms with van der Waals surface area (Å²) >= 11 is 0. The molecule has 0 fully saturated rings. The summed E-state index contributed by atoms with van der Waals surface area (Å²) in [7, 11) is 0. The third kappa shape index (κ3) is 3.68. The third-order valence-electron chi connectivity index (χ3n) is 2.88. The van der Waals surface area contributed by atoms with E-state index >= 15 is 0 Å². The molecule has 0 amide bonds. The Kier molecular flexibility index (Phi) is 4.36. The molecule has 0 radical (unpaired) electrons. The van der Waals surface area contributed by atoms with E-state index in [0.29, 0.717) is 0 Å². The molecule has 1 unspecified atom stereocenters. The normalized spacial score (nSPS) is 15.2. The van der Waals surface area contributed by atoms with Gasteiger partial charge in [-0.1, -0.05) is 13.8 Å². The standard InChI is InChI=1S/C12H21NO2/c1-4-12(3,9-14)8-13-7-11-6-5-10(2)15-11/h5-6,13-14H,4,7-9H2,1-3H3. The highest BCUT2D eigenvalue weighted by Crippen LogP contribution is 2.18. The monoisotopic (exact) mass is 211 g/mol. The largest absolute Gasteiger partial charge is 0.465 e. The summed E-state index contributed by atoms with van der Waals surface area (Å²) in [4.78, 5) is 0. The third-order valence-corrected chi connectivity index (χ3v) is 2.88. The van der Waals surface area contributed by atoms with Gasteiger partial charge < -0.3 is 14.8 Å². The molecule has 0 aliphatic heterocycles. The lowest BCUT2D eigenvalue weighted by Crippen LogP contribution is -2.33. The van der Waals surface area contributed by atoms with E-state index in [1.807, 2.05) is 19.1 Å². The van der Waals surface area contributed by atoms with Crippen LogP contribution in [0.25, 0.3) is 0 Å². The van der Waals surface area contributed by atoms with Gasteiger partial charge in [0.05, 0.1) is 6.54 Å². The van der Waals surface area contributed by atoms with Gasteiger partial charge in [0, 0.05) is 18.6 Å². The minimum absolute atomic E-state index is 0.0262. The van der Waals surface area contributed by atoms with Crippen LogP contribution >= 0.6 is 0 Å². The minimum atomic E-state index is -0.0262. The smallest absolute Gasteiger partial charge is 0.117 e. The molecule has 0 aliphatic carbocycles. The molecule has 0 spiro atoms. The first-order valence-electron chi connectivity index (χ1n) is 5.46. The van der Waals surface area contributed by atoms with E-state index in [1.54, 1.807) is 0 Å². The molecule has 1 heterocycles. The Balaban J connectivity index is 2.32. The van der Waals surface area contributed by atoms with Crippen molar-refractivity contribution >= 4 is 0 Å². The molecule has 1 aromatic rings. The maximum Gasteiger partial charge on any atom is 0.117 e. The molecule has 0 bridgehead atoms. The fourth-order valence-electron chi connectivity index (χ4n) is 1.36. The molecule has 3 heteroatoms. The van der Waals surface area contributed by atoms with Crippen LogP contribution in [0, 0.1) is 12.3 Å². The average Bonchev–Trinajstić information content (AvgIpc) is 2.64. The maximum absolute atomic E-state index is 9.22. The first-order chi connectivity index (χ1) is 7.09. The van der Waals surface area contributed by atoms with Crippen LogP contribution in [0.2, 0.25) is 0 Å². The summed E-state index contributed by atoms with van der Waals surface area (Å²) in [6.07, 6.45) is 0.966. The predicted octanol–water partition coefficient (Wildman–Crippen LogP) is 2.09. The van der Waals surface area contributed by atoms with Crippen LogP contribution in [0.4, 0.5) is 0 Å². The second-order valence-electron chi connectivity index (χ2n) is 4.44.